The molecule has 1 aromatic heterocycles. The van der Waals surface area contributed by atoms with Gasteiger partial charge in [0.05, 0.1) is 5.02 Å². The number of rotatable bonds is 6. The predicted octanol–water partition coefficient (Wildman–Crippen LogP) is 3.80. The van der Waals surface area contributed by atoms with Gasteiger partial charge in [-0.2, -0.15) is 4.31 Å². The molecule has 1 heterocycles. The number of thiophene rings is 1. The number of halogens is 1. The lowest BCUT2D eigenvalue weighted by Gasteiger charge is -2.22. The number of nitrogens with zero attached hydrogens (tertiary/aromatic N) is 1. The van der Waals surface area contributed by atoms with Crippen LogP contribution in [0.2, 0.25) is 5.02 Å². The van der Waals surface area contributed by atoms with Gasteiger partial charge < -0.3 is 0 Å². The Morgan fingerprint density at radius 3 is 2.57 bits per heavy atom. The van der Waals surface area contributed by atoms with Crippen LogP contribution in [0.15, 0.2) is 46.7 Å². The molecule has 1 saturated carbocycles. The van der Waals surface area contributed by atoms with Crippen LogP contribution in [0.25, 0.3) is 0 Å². The molecule has 112 valence electrons. The Balaban J connectivity index is 1.84. The van der Waals surface area contributed by atoms with E-state index in [2.05, 4.69) is 0 Å². The fourth-order valence-electron chi connectivity index (χ4n) is 2.32. The molecular formula is C15H16ClNO2S2. The van der Waals surface area contributed by atoms with Crippen LogP contribution in [-0.2, 0) is 16.4 Å². The summed E-state index contributed by atoms with van der Waals surface area (Å²) in [6.45, 7) is 0.513. The zero-order valence-corrected chi connectivity index (χ0v) is 13.8. The molecule has 1 fully saturated rings. The molecule has 1 aliphatic carbocycles. The van der Waals surface area contributed by atoms with E-state index in [9.17, 15) is 8.42 Å². The van der Waals surface area contributed by atoms with Crippen LogP contribution in [0.3, 0.4) is 0 Å². The van der Waals surface area contributed by atoms with Crippen LogP contribution < -0.4 is 0 Å². The molecule has 2 aromatic rings. The second-order valence-electron chi connectivity index (χ2n) is 5.11. The van der Waals surface area contributed by atoms with Crippen LogP contribution in [0, 0.1) is 0 Å². The van der Waals surface area contributed by atoms with Crippen molar-refractivity contribution in [3.05, 3.63) is 51.7 Å². The monoisotopic (exact) mass is 341 g/mol. The third-order valence-electron chi connectivity index (χ3n) is 3.54. The van der Waals surface area contributed by atoms with Gasteiger partial charge in [-0.05, 0) is 42.8 Å². The van der Waals surface area contributed by atoms with Gasteiger partial charge in [0.2, 0.25) is 10.0 Å². The van der Waals surface area contributed by atoms with Crippen molar-refractivity contribution in [3.63, 3.8) is 0 Å². The normalized spacial score (nSPS) is 15.5. The fraction of sp³-hybridized carbons (Fsp3) is 0.333. The predicted molar refractivity (Wildman–Crippen MR) is 86.4 cm³/mol. The summed E-state index contributed by atoms with van der Waals surface area (Å²) in [7, 11) is -3.52. The van der Waals surface area contributed by atoms with Gasteiger partial charge in [0.15, 0.2) is 0 Å². The first-order valence-corrected chi connectivity index (χ1v) is 9.57. The lowest BCUT2D eigenvalue weighted by atomic mass is 10.3. The maximum atomic E-state index is 12.8. The van der Waals surface area contributed by atoms with E-state index < -0.39 is 10.0 Å². The van der Waals surface area contributed by atoms with Gasteiger partial charge >= 0.3 is 0 Å². The average Bonchev–Trinajstić information content (AvgIpc) is 3.14. The quantitative estimate of drug-likeness (QED) is 0.801. The van der Waals surface area contributed by atoms with E-state index in [0.717, 1.165) is 19.3 Å². The number of sulfonamides is 1. The molecule has 1 aliphatic rings. The Morgan fingerprint density at radius 1 is 1.19 bits per heavy atom. The van der Waals surface area contributed by atoms with Crippen molar-refractivity contribution in [2.75, 3.05) is 6.54 Å². The minimum Gasteiger partial charge on any atom is -0.207 e. The third-order valence-corrected chi connectivity index (χ3v) is 6.92. The average molecular weight is 342 g/mol. The maximum absolute atomic E-state index is 12.8. The van der Waals surface area contributed by atoms with Crippen LogP contribution in [-0.4, -0.2) is 25.3 Å². The topological polar surface area (TPSA) is 37.4 Å². The Labute approximate surface area is 134 Å². The Kier molecular flexibility index (Phi) is 4.36. The summed E-state index contributed by atoms with van der Waals surface area (Å²) in [5, 5.41) is 2.30. The maximum Gasteiger partial charge on any atom is 0.244 e. The first-order valence-electron chi connectivity index (χ1n) is 6.88. The second-order valence-corrected chi connectivity index (χ2v) is 8.41. The van der Waals surface area contributed by atoms with Crippen molar-refractivity contribution >= 4 is 33.0 Å². The van der Waals surface area contributed by atoms with Gasteiger partial charge in [-0.1, -0.05) is 29.8 Å². The third kappa shape index (κ3) is 3.31. The summed E-state index contributed by atoms with van der Waals surface area (Å²) in [6.07, 6.45) is 2.63. The lowest BCUT2D eigenvalue weighted by Crippen LogP contribution is -2.35. The van der Waals surface area contributed by atoms with E-state index in [1.807, 2.05) is 17.5 Å². The SMILES string of the molecule is O=S(=O)(c1ccccc1Cl)N(CCc1cccs1)C1CC1. The summed E-state index contributed by atoms with van der Waals surface area (Å²) in [5.41, 5.74) is 0. The minimum absolute atomic E-state index is 0.131. The van der Waals surface area contributed by atoms with Crippen molar-refractivity contribution in [1.82, 2.24) is 4.31 Å². The van der Waals surface area contributed by atoms with Crippen LogP contribution >= 0.6 is 22.9 Å². The molecule has 21 heavy (non-hydrogen) atoms. The van der Waals surface area contributed by atoms with E-state index in [1.54, 1.807) is 39.9 Å². The summed E-state index contributed by atoms with van der Waals surface area (Å²) in [6, 6.07) is 10.8. The van der Waals surface area contributed by atoms with E-state index in [4.69, 9.17) is 11.6 Å². The summed E-state index contributed by atoms with van der Waals surface area (Å²) in [5.74, 6) is 0. The van der Waals surface area contributed by atoms with Gasteiger partial charge in [0.25, 0.3) is 0 Å². The van der Waals surface area contributed by atoms with Crippen molar-refractivity contribution < 1.29 is 8.42 Å². The Bertz CT molecular complexity index is 709. The minimum atomic E-state index is -3.52. The number of benzene rings is 1. The smallest absolute Gasteiger partial charge is 0.207 e. The van der Waals surface area contributed by atoms with Gasteiger partial charge in [-0.15, -0.1) is 11.3 Å². The number of hydrogen-bond donors (Lipinski definition) is 0. The van der Waals surface area contributed by atoms with Crippen LogP contribution in [0.1, 0.15) is 17.7 Å². The largest absolute Gasteiger partial charge is 0.244 e. The highest BCUT2D eigenvalue weighted by Crippen LogP contribution is 2.34. The van der Waals surface area contributed by atoms with Crippen LogP contribution in [0.4, 0.5) is 0 Å². The lowest BCUT2D eigenvalue weighted by molar-refractivity contribution is 0.408. The van der Waals surface area contributed by atoms with Crippen LogP contribution in [0.5, 0.6) is 0 Å². The highest BCUT2D eigenvalue weighted by atomic mass is 35.5. The highest BCUT2D eigenvalue weighted by molar-refractivity contribution is 7.89. The van der Waals surface area contributed by atoms with E-state index in [1.165, 1.54) is 4.88 Å². The van der Waals surface area contributed by atoms with Crippen molar-refractivity contribution in [2.24, 2.45) is 0 Å². The van der Waals surface area contributed by atoms with E-state index in [0.29, 0.717) is 11.6 Å². The zero-order valence-electron chi connectivity index (χ0n) is 11.4. The zero-order chi connectivity index (χ0) is 14.9. The molecule has 0 amide bonds. The molecule has 0 radical (unpaired) electrons. The molecule has 3 nitrogen and oxygen atoms in total. The van der Waals surface area contributed by atoms with Crippen molar-refractivity contribution in [3.8, 4) is 0 Å². The van der Waals surface area contributed by atoms with Gasteiger partial charge in [0.1, 0.15) is 4.90 Å². The summed E-state index contributed by atoms with van der Waals surface area (Å²) in [4.78, 5) is 1.42. The van der Waals surface area contributed by atoms with E-state index >= 15 is 0 Å². The molecule has 0 spiro atoms. The Morgan fingerprint density at radius 2 is 1.95 bits per heavy atom. The first-order chi connectivity index (χ1) is 10.1. The van der Waals surface area contributed by atoms with Crippen molar-refractivity contribution in [2.45, 2.75) is 30.2 Å². The first kappa shape index (κ1) is 15.0. The molecule has 1 aromatic carbocycles. The molecular weight excluding hydrogens is 326 g/mol. The van der Waals surface area contributed by atoms with E-state index in [-0.39, 0.29) is 10.9 Å². The molecule has 0 N–H and O–H groups in total. The van der Waals surface area contributed by atoms with Gasteiger partial charge in [0, 0.05) is 17.5 Å². The van der Waals surface area contributed by atoms with Gasteiger partial charge in [-0.3, -0.25) is 0 Å². The molecule has 0 aliphatic heterocycles. The molecule has 0 unspecified atom stereocenters. The van der Waals surface area contributed by atoms with Crippen molar-refractivity contribution in [1.29, 1.82) is 0 Å². The Hall–Kier alpha value is -0.880. The highest BCUT2D eigenvalue weighted by Gasteiger charge is 2.38. The molecule has 0 saturated heterocycles. The molecule has 0 atom stereocenters. The molecule has 6 heteroatoms. The molecule has 3 rings (SSSR count). The molecule has 0 bridgehead atoms. The standard InChI is InChI=1S/C15H16ClNO2S2/c16-14-5-1-2-6-15(14)21(18,19)17(12-7-8-12)10-9-13-4-3-11-20-13/h1-6,11-12H,7-10H2. The summed E-state index contributed by atoms with van der Waals surface area (Å²) < 4.78 is 27.3. The second kappa shape index (κ2) is 6.08. The fourth-order valence-corrected chi connectivity index (χ4v) is 5.20. The van der Waals surface area contributed by atoms with Gasteiger partial charge in [-0.25, -0.2) is 8.42 Å². The number of hydrogen-bond acceptors (Lipinski definition) is 3. The summed E-state index contributed by atoms with van der Waals surface area (Å²) >= 11 is 7.73.